The molecule has 0 unspecified atom stereocenters. The smallest absolute Gasteiger partial charge is 0.410 e. The molecule has 7 nitrogen and oxygen atoms in total. The molecular formula is C19H28N4O3. The van der Waals surface area contributed by atoms with Gasteiger partial charge in [0.2, 0.25) is 11.8 Å². The van der Waals surface area contributed by atoms with Crippen LogP contribution < -0.4 is 0 Å². The highest BCUT2D eigenvalue weighted by molar-refractivity contribution is 5.83. The average molecular weight is 360 g/mol. The van der Waals surface area contributed by atoms with E-state index in [2.05, 4.69) is 15.2 Å². The number of rotatable bonds is 3. The second kappa shape index (κ2) is 7.21. The van der Waals surface area contributed by atoms with E-state index in [1.54, 1.807) is 4.90 Å². The number of allylic oxidation sites excluding steroid dienone is 2. The summed E-state index contributed by atoms with van der Waals surface area (Å²) >= 11 is 0. The number of hydrogen-bond donors (Lipinski definition) is 0. The molecule has 0 radical (unpaired) electrons. The van der Waals surface area contributed by atoms with E-state index in [9.17, 15) is 4.79 Å². The summed E-state index contributed by atoms with van der Waals surface area (Å²) in [4.78, 5) is 18.3. The molecule has 3 rings (SSSR count). The van der Waals surface area contributed by atoms with Gasteiger partial charge in [0.25, 0.3) is 0 Å². The fraction of sp³-hybridized carbons (Fsp3) is 0.684. The van der Waals surface area contributed by atoms with E-state index in [1.807, 2.05) is 41.0 Å². The Kier molecular flexibility index (Phi) is 5.16. The van der Waals surface area contributed by atoms with E-state index in [1.165, 1.54) is 0 Å². The summed E-state index contributed by atoms with van der Waals surface area (Å²) in [6.45, 7) is 7.60. The topological polar surface area (TPSA) is 80.8 Å². The Morgan fingerprint density at radius 2 is 2.08 bits per heavy atom. The van der Waals surface area contributed by atoms with Gasteiger partial charge in [-0.3, -0.25) is 4.99 Å². The molecule has 2 aliphatic rings. The summed E-state index contributed by atoms with van der Waals surface area (Å²) in [7, 11) is 1.81. The summed E-state index contributed by atoms with van der Waals surface area (Å²) in [6.07, 6.45) is 6.11. The summed E-state index contributed by atoms with van der Waals surface area (Å²) in [5, 5.41) is 8.49. The average Bonchev–Trinajstić information content (AvgIpc) is 3.21. The molecule has 0 saturated heterocycles. The zero-order chi connectivity index (χ0) is 18.9. The lowest BCUT2D eigenvalue weighted by Crippen LogP contribution is -2.42. The Morgan fingerprint density at radius 3 is 2.73 bits per heavy atom. The van der Waals surface area contributed by atoms with E-state index < -0.39 is 5.60 Å². The molecule has 1 aromatic rings. The van der Waals surface area contributed by atoms with Gasteiger partial charge in [0.15, 0.2) is 0 Å². The molecule has 1 aromatic heterocycles. The lowest BCUT2D eigenvalue weighted by atomic mass is 9.85. The first-order valence-corrected chi connectivity index (χ1v) is 9.26. The molecule has 142 valence electrons. The van der Waals surface area contributed by atoms with Gasteiger partial charge in [-0.05, 0) is 47.0 Å². The van der Waals surface area contributed by atoms with Crippen molar-refractivity contribution >= 4 is 17.9 Å². The zero-order valence-corrected chi connectivity index (χ0v) is 16.3. The Labute approximate surface area is 154 Å². The van der Waals surface area contributed by atoms with Crippen molar-refractivity contribution in [3.63, 3.8) is 0 Å². The Bertz CT molecular complexity index is 729. The molecular weight excluding hydrogens is 332 g/mol. The minimum atomic E-state index is -0.490. The first-order chi connectivity index (χ1) is 12.2. The van der Waals surface area contributed by atoms with E-state index in [4.69, 9.17) is 9.15 Å². The standard InChI is InChI=1S/C19H28N4O3/c1-12-15(9-10-20-12)17-22-21-16(25-17)13-7-6-8-14(11-13)23(5)18(24)26-19(2,3)4/h10,13-14H,6-9,11H2,1-5H3/t13-,14+/m0/s1. The van der Waals surface area contributed by atoms with Crippen LogP contribution in [0.5, 0.6) is 0 Å². The van der Waals surface area contributed by atoms with Gasteiger partial charge in [0.05, 0.1) is 0 Å². The van der Waals surface area contributed by atoms with E-state index in [0.717, 1.165) is 43.4 Å². The number of hydrogen-bond acceptors (Lipinski definition) is 6. The number of carbonyl (C=O) groups excluding carboxylic acids is 1. The van der Waals surface area contributed by atoms with Crippen LogP contribution in [-0.4, -0.2) is 46.1 Å². The molecule has 0 N–H and O–H groups in total. The van der Waals surface area contributed by atoms with Crippen LogP contribution in [0, 0.1) is 0 Å². The van der Waals surface area contributed by atoms with Crippen LogP contribution in [0.4, 0.5) is 4.79 Å². The molecule has 26 heavy (non-hydrogen) atoms. The van der Waals surface area contributed by atoms with Gasteiger partial charge in [0, 0.05) is 42.9 Å². The highest BCUT2D eigenvalue weighted by Gasteiger charge is 2.33. The van der Waals surface area contributed by atoms with Crippen LogP contribution in [0.3, 0.4) is 0 Å². The van der Waals surface area contributed by atoms with Crippen molar-refractivity contribution in [1.82, 2.24) is 15.1 Å². The van der Waals surface area contributed by atoms with E-state index >= 15 is 0 Å². The summed E-state index contributed by atoms with van der Waals surface area (Å²) in [5.41, 5.74) is 1.45. The van der Waals surface area contributed by atoms with Gasteiger partial charge in [-0.25, -0.2) is 4.79 Å². The van der Waals surface area contributed by atoms with Crippen LogP contribution in [0.1, 0.15) is 77.5 Å². The lowest BCUT2D eigenvalue weighted by molar-refractivity contribution is 0.0176. The predicted molar refractivity (Wildman–Crippen MR) is 99.0 cm³/mol. The number of carbonyl (C=O) groups is 1. The third kappa shape index (κ3) is 4.14. The fourth-order valence-electron chi connectivity index (χ4n) is 3.49. The number of ether oxygens (including phenoxy) is 1. The van der Waals surface area contributed by atoms with Crippen LogP contribution in [0.25, 0.3) is 5.57 Å². The molecule has 0 spiro atoms. The van der Waals surface area contributed by atoms with Crippen LogP contribution >= 0.6 is 0 Å². The Balaban J connectivity index is 1.66. The van der Waals surface area contributed by atoms with Gasteiger partial charge >= 0.3 is 6.09 Å². The summed E-state index contributed by atoms with van der Waals surface area (Å²) in [5.74, 6) is 1.40. The normalized spacial score (nSPS) is 23.4. The zero-order valence-electron chi connectivity index (χ0n) is 16.3. The largest absolute Gasteiger partial charge is 0.444 e. The second-order valence-electron chi connectivity index (χ2n) is 8.13. The second-order valence-corrected chi connectivity index (χ2v) is 8.13. The Morgan fingerprint density at radius 1 is 1.31 bits per heavy atom. The minimum absolute atomic E-state index is 0.120. The van der Waals surface area contributed by atoms with Gasteiger partial charge in [-0.2, -0.15) is 0 Å². The van der Waals surface area contributed by atoms with E-state index in [0.29, 0.717) is 11.8 Å². The maximum Gasteiger partial charge on any atom is 0.410 e. The predicted octanol–water partition coefficient (Wildman–Crippen LogP) is 4.17. The maximum atomic E-state index is 12.3. The molecule has 0 aromatic carbocycles. The maximum absolute atomic E-state index is 12.3. The third-order valence-electron chi connectivity index (χ3n) is 4.94. The number of aliphatic imine (C=N–C) groups is 1. The third-order valence-corrected chi connectivity index (χ3v) is 4.94. The fourth-order valence-corrected chi connectivity index (χ4v) is 3.49. The van der Waals surface area contributed by atoms with Crippen molar-refractivity contribution in [2.75, 3.05) is 7.05 Å². The molecule has 1 aliphatic heterocycles. The van der Waals surface area contributed by atoms with Gasteiger partial charge in [-0.15, -0.1) is 10.2 Å². The van der Waals surface area contributed by atoms with Crippen molar-refractivity contribution in [1.29, 1.82) is 0 Å². The molecule has 1 saturated carbocycles. The van der Waals surface area contributed by atoms with Crippen molar-refractivity contribution < 1.29 is 13.9 Å². The Hall–Kier alpha value is -2.18. The molecule has 0 bridgehead atoms. The first-order valence-electron chi connectivity index (χ1n) is 9.26. The molecule has 2 atom stereocenters. The summed E-state index contributed by atoms with van der Waals surface area (Å²) < 4.78 is 11.4. The number of amides is 1. The lowest BCUT2D eigenvalue weighted by Gasteiger charge is -2.35. The van der Waals surface area contributed by atoms with E-state index in [-0.39, 0.29) is 18.1 Å². The van der Waals surface area contributed by atoms with Gasteiger partial charge in [0.1, 0.15) is 5.60 Å². The van der Waals surface area contributed by atoms with Crippen molar-refractivity contribution in [2.45, 2.75) is 77.4 Å². The van der Waals surface area contributed by atoms with Crippen molar-refractivity contribution in [2.24, 2.45) is 4.99 Å². The van der Waals surface area contributed by atoms with Crippen molar-refractivity contribution in [3.8, 4) is 0 Å². The molecule has 1 aliphatic carbocycles. The molecule has 7 heteroatoms. The molecule has 1 fully saturated rings. The number of nitrogens with zero attached hydrogens (tertiary/aromatic N) is 4. The van der Waals surface area contributed by atoms with Crippen LogP contribution in [-0.2, 0) is 4.74 Å². The quantitative estimate of drug-likeness (QED) is 0.808. The molecule has 1 amide bonds. The highest BCUT2D eigenvalue weighted by Crippen LogP contribution is 2.36. The van der Waals surface area contributed by atoms with Crippen LogP contribution in [0.15, 0.2) is 15.1 Å². The van der Waals surface area contributed by atoms with Gasteiger partial charge < -0.3 is 14.1 Å². The van der Waals surface area contributed by atoms with Crippen LogP contribution in [0.2, 0.25) is 0 Å². The SMILES string of the molecule is CC1=C(c2nnc([C@H]3CCC[C@@H](N(C)C(=O)OC(C)(C)C)C3)o2)CC=N1. The summed E-state index contributed by atoms with van der Waals surface area (Å²) in [6, 6.07) is 0.120. The minimum Gasteiger partial charge on any atom is -0.444 e. The molecule has 2 heterocycles. The monoisotopic (exact) mass is 360 g/mol. The van der Waals surface area contributed by atoms with Gasteiger partial charge in [-0.1, -0.05) is 6.42 Å². The van der Waals surface area contributed by atoms with Crippen molar-refractivity contribution in [3.05, 3.63) is 17.5 Å². The number of aromatic nitrogens is 2. The first kappa shape index (κ1) is 18.6. The highest BCUT2D eigenvalue weighted by atomic mass is 16.6.